The first-order chi connectivity index (χ1) is 7.84. The van der Waals surface area contributed by atoms with Crippen LogP contribution in [0.2, 0.25) is 0 Å². The van der Waals surface area contributed by atoms with E-state index >= 15 is 0 Å². The van der Waals surface area contributed by atoms with Crippen LogP contribution in [0.3, 0.4) is 0 Å². The summed E-state index contributed by atoms with van der Waals surface area (Å²) in [6.07, 6.45) is 0. The van der Waals surface area contributed by atoms with Crippen LogP contribution in [-0.2, 0) is 10.5 Å². The molecule has 0 N–H and O–H groups in total. The minimum Gasteiger partial charge on any atom is -0.379 e. The lowest BCUT2D eigenvalue weighted by Crippen LogP contribution is -2.37. The van der Waals surface area contributed by atoms with E-state index in [0.29, 0.717) is 5.89 Å². The summed E-state index contributed by atoms with van der Waals surface area (Å²) in [6.45, 7) is 6.78. The summed E-state index contributed by atoms with van der Waals surface area (Å²) in [7, 11) is 0. The van der Waals surface area contributed by atoms with Crippen LogP contribution in [0.4, 0.5) is 0 Å². The number of hydrogen-bond acceptors (Lipinski definition) is 6. The van der Waals surface area contributed by atoms with Gasteiger partial charge < -0.3 is 9.26 Å². The van der Waals surface area contributed by atoms with Crippen LogP contribution in [0.15, 0.2) is 4.52 Å². The van der Waals surface area contributed by atoms with Crippen molar-refractivity contribution in [2.75, 3.05) is 38.6 Å². The molecule has 0 radical (unpaired) electrons. The molecule has 90 valence electrons. The summed E-state index contributed by atoms with van der Waals surface area (Å²) < 4.78 is 10.2. The van der Waals surface area contributed by atoms with Crippen molar-refractivity contribution >= 4 is 11.8 Å². The van der Waals surface area contributed by atoms with Crippen LogP contribution in [0.1, 0.15) is 11.7 Å². The number of rotatable bonds is 5. The molecule has 5 nitrogen and oxygen atoms in total. The zero-order chi connectivity index (χ0) is 11.2. The average Bonchev–Trinajstić information content (AvgIpc) is 2.72. The molecular weight excluding hydrogens is 226 g/mol. The SMILES string of the molecule is Cc1nc(CSCCN2CCOCC2)no1. The molecule has 0 bridgehead atoms. The van der Waals surface area contributed by atoms with Gasteiger partial charge in [-0.15, -0.1) is 0 Å². The normalized spacial score (nSPS) is 17.8. The van der Waals surface area contributed by atoms with E-state index in [1.807, 2.05) is 18.7 Å². The predicted molar refractivity (Wildman–Crippen MR) is 62.5 cm³/mol. The quantitative estimate of drug-likeness (QED) is 0.718. The molecule has 0 saturated carbocycles. The van der Waals surface area contributed by atoms with Gasteiger partial charge in [0.25, 0.3) is 0 Å². The van der Waals surface area contributed by atoms with E-state index in [1.165, 1.54) is 0 Å². The largest absolute Gasteiger partial charge is 0.379 e. The van der Waals surface area contributed by atoms with Gasteiger partial charge in [-0.05, 0) is 0 Å². The first-order valence-corrected chi connectivity index (χ1v) is 6.67. The van der Waals surface area contributed by atoms with Crippen molar-refractivity contribution < 1.29 is 9.26 Å². The monoisotopic (exact) mass is 243 g/mol. The van der Waals surface area contributed by atoms with Gasteiger partial charge in [-0.1, -0.05) is 5.16 Å². The molecule has 1 aromatic heterocycles. The van der Waals surface area contributed by atoms with Crippen molar-refractivity contribution in [1.82, 2.24) is 15.0 Å². The molecule has 0 amide bonds. The highest BCUT2D eigenvalue weighted by Gasteiger charge is 2.09. The Labute approximate surface area is 99.5 Å². The smallest absolute Gasteiger partial charge is 0.223 e. The molecule has 1 saturated heterocycles. The Bertz CT molecular complexity index is 313. The highest BCUT2D eigenvalue weighted by Crippen LogP contribution is 2.09. The fourth-order valence-corrected chi connectivity index (χ4v) is 2.41. The van der Waals surface area contributed by atoms with E-state index < -0.39 is 0 Å². The summed E-state index contributed by atoms with van der Waals surface area (Å²) in [5, 5.41) is 3.86. The Hall–Kier alpha value is -0.590. The molecule has 1 aromatic rings. The maximum absolute atomic E-state index is 5.30. The van der Waals surface area contributed by atoms with Crippen molar-refractivity contribution in [3.63, 3.8) is 0 Å². The molecule has 2 rings (SSSR count). The zero-order valence-corrected chi connectivity index (χ0v) is 10.3. The zero-order valence-electron chi connectivity index (χ0n) is 9.52. The number of thioether (sulfide) groups is 1. The number of aromatic nitrogens is 2. The summed E-state index contributed by atoms with van der Waals surface area (Å²) in [4.78, 5) is 6.59. The highest BCUT2D eigenvalue weighted by molar-refractivity contribution is 7.98. The molecule has 0 aliphatic carbocycles. The number of nitrogens with zero attached hydrogens (tertiary/aromatic N) is 3. The van der Waals surface area contributed by atoms with E-state index in [4.69, 9.17) is 9.26 Å². The standard InChI is InChI=1S/C10H17N3O2S/c1-9-11-10(12-15-9)8-16-7-4-13-2-5-14-6-3-13/h2-8H2,1H3. The van der Waals surface area contributed by atoms with Gasteiger partial charge in [-0.3, -0.25) is 4.90 Å². The Kier molecular flexibility index (Phi) is 4.62. The third-order valence-electron chi connectivity index (χ3n) is 2.46. The van der Waals surface area contributed by atoms with Gasteiger partial charge in [0, 0.05) is 32.3 Å². The van der Waals surface area contributed by atoms with E-state index in [1.54, 1.807) is 0 Å². The minimum absolute atomic E-state index is 0.642. The first kappa shape index (κ1) is 11.9. The van der Waals surface area contributed by atoms with Crippen LogP contribution in [0, 0.1) is 6.92 Å². The fraction of sp³-hybridized carbons (Fsp3) is 0.800. The predicted octanol–water partition coefficient (Wildman–Crippen LogP) is 0.943. The number of aryl methyl sites for hydroxylation is 1. The Morgan fingerprint density at radius 3 is 2.88 bits per heavy atom. The first-order valence-electron chi connectivity index (χ1n) is 5.51. The van der Waals surface area contributed by atoms with Crippen molar-refractivity contribution in [2.45, 2.75) is 12.7 Å². The number of hydrogen-bond donors (Lipinski definition) is 0. The lowest BCUT2D eigenvalue weighted by molar-refractivity contribution is 0.0410. The average molecular weight is 243 g/mol. The molecule has 0 spiro atoms. The van der Waals surface area contributed by atoms with E-state index in [-0.39, 0.29) is 0 Å². The second-order valence-electron chi connectivity index (χ2n) is 3.74. The van der Waals surface area contributed by atoms with Crippen LogP contribution < -0.4 is 0 Å². The summed E-state index contributed by atoms with van der Waals surface area (Å²) in [6, 6.07) is 0. The highest BCUT2D eigenvalue weighted by atomic mass is 32.2. The van der Waals surface area contributed by atoms with Crippen molar-refractivity contribution in [1.29, 1.82) is 0 Å². The maximum Gasteiger partial charge on any atom is 0.223 e. The lowest BCUT2D eigenvalue weighted by Gasteiger charge is -2.26. The lowest BCUT2D eigenvalue weighted by atomic mass is 10.4. The topological polar surface area (TPSA) is 51.4 Å². The van der Waals surface area contributed by atoms with Crippen molar-refractivity contribution in [3.05, 3.63) is 11.7 Å². The summed E-state index contributed by atoms with van der Waals surface area (Å²) in [5.74, 6) is 3.38. The van der Waals surface area contributed by atoms with E-state index in [0.717, 1.165) is 50.2 Å². The van der Waals surface area contributed by atoms with Crippen LogP contribution in [0.25, 0.3) is 0 Å². The van der Waals surface area contributed by atoms with Crippen LogP contribution >= 0.6 is 11.8 Å². The second-order valence-corrected chi connectivity index (χ2v) is 4.84. The van der Waals surface area contributed by atoms with Crippen LogP contribution in [-0.4, -0.2) is 53.6 Å². The van der Waals surface area contributed by atoms with Crippen molar-refractivity contribution in [2.24, 2.45) is 0 Å². The number of morpholine rings is 1. The molecule has 0 unspecified atom stereocenters. The van der Waals surface area contributed by atoms with Gasteiger partial charge in [0.1, 0.15) is 0 Å². The third kappa shape index (κ3) is 3.77. The second kappa shape index (κ2) is 6.22. The Morgan fingerprint density at radius 1 is 1.38 bits per heavy atom. The van der Waals surface area contributed by atoms with Gasteiger partial charge in [0.2, 0.25) is 5.89 Å². The third-order valence-corrected chi connectivity index (χ3v) is 3.39. The maximum atomic E-state index is 5.30. The molecule has 1 aliphatic heterocycles. The summed E-state index contributed by atoms with van der Waals surface area (Å²) in [5.41, 5.74) is 0. The molecule has 1 fully saturated rings. The number of ether oxygens (including phenoxy) is 1. The molecular formula is C10H17N3O2S. The molecule has 2 heterocycles. The Morgan fingerprint density at radius 2 is 2.19 bits per heavy atom. The molecule has 0 aromatic carbocycles. The Balaban J connectivity index is 1.57. The molecule has 1 aliphatic rings. The van der Waals surface area contributed by atoms with Gasteiger partial charge in [-0.2, -0.15) is 16.7 Å². The van der Waals surface area contributed by atoms with Gasteiger partial charge in [0.05, 0.1) is 19.0 Å². The van der Waals surface area contributed by atoms with Crippen molar-refractivity contribution in [3.8, 4) is 0 Å². The minimum atomic E-state index is 0.642. The molecule has 16 heavy (non-hydrogen) atoms. The fourth-order valence-electron chi connectivity index (χ4n) is 1.58. The molecule has 0 atom stereocenters. The van der Waals surface area contributed by atoms with Crippen LogP contribution in [0.5, 0.6) is 0 Å². The molecule has 6 heteroatoms. The van der Waals surface area contributed by atoms with Gasteiger partial charge >= 0.3 is 0 Å². The van der Waals surface area contributed by atoms with Gasteiger partial charge in [-0.25, -0.2) is 0 Å². The van der Waals surface area contributed by atoms with E-state index in [2.05, 4.69) is 15.0 Å². The van der Waals surface area contributed by atoms with E-state index in [9.17, 15) is 0 Å². The van der Waals surface area contributed by atoms with Gasteiger partial charge in [0.15, 0.2) is 5.82 Å². The summed E-state index contributed by atoms with van der Waals surface area (Å²) >= 11 is 1.85.